The van der Waals surface area contributed by atoms with Crippen molar-refractivity contribution in [1.29, 1.82) is 0 Å². The van der Waals surface area contributed by atoms with Gasteiger partial charge in [-0.15, -0.1) is 0 Å². The number of Topliss-reactive ketones (excluding diaryl/α,β-unsaturated/α-hetero) is 1. The Morgan fingerprint density at radius 1 is 0.905 bits per heavy atom. The zero-order valence-corrected chi connectivity index (χ0v) is 16.0. The van der Waals surface area contributed by atoms with Crippen molar-refractivity contribution < 1.29 is 56.2 Å². The maximum Gasteiger partial charge on any atom is 1.00 e. The van der Waals surface area contributed by atoms with Crippen molar-refractivity contribution in [2.45, 2.75) is 58.3 Å². The van der Waals surface area contributed by atoms with Crippen molar-refractivity contribution in [1.82, 2.24) is 0 Å². The second kappa shape index (κ2) is 15.4. The summed E-state index contributed by atoms with van der Waals surface area (Å²) in [5.41, 5.74) is 0. The molecule has 120 valence electrons. The Morgan fingerprint density at radius 3 is 1.95 bits per heavy atom. The summed E-state index contributed by atoms with van der Waals surface area (Å²) in [5.74, 6) is 0.260. The first-order valence-corrected chi connectivity index (χ1v) is 8.42. The fourth-order valence-electron chi connectivity index (χ4n) is 1.76. The molecule has 8 heteroatoms. The van der Waals surface area contributed by atoms with E-state index >= 15 is 0 Å². The van der Waals surface area contributed by atoms with Crippen LogP contribution in [0.3, 0.4) is 0 Å². The topological polar surface area (TPSA) is 92.7 Å². The van der Waals surface area contributed by atoms with Gasteiger partial charge in [0.15, 0.2) is 0 Å². The minimum absolute atomic E-state index is 0. The van der Waals surface area contributed by atoms with Crippen LogP contribution in [0.1, 0.15) is 58.3 Å². The fourth-order valence-corrected chi connectivity index (χ4v) is 2.03. The predicted octanol–water partition coefficient (Wildman–Crippen LogP) is -0.806. The summed E-state index contributed by atoms with van der Waals surface area (Å²) < 4.78 is 39.4. The van der Waals surface area contributed by atoms with E-state index in [0.29, 0.717) is 13.0 Å². The van der Waals surface area contributed by atoms with E-state index in [1.165, 1.54) is 0 Å². The maximum atomic E-state index is 10.7. The van der Waals surface area contributed by atoms with Gasteiger partial charge in [0.1, 0.15) is 5.78 Å². The molecule has 0 spiro atoms. The number of rotatable bonds is 14. The summed E-state index contributed by atoms with van der Waals surface area (Å²) in [6, 6.07) is 0. The number of hydrogen-bond donors (Lipinski definition) is 0. The van der Waals surface area contributed by atoms with Crippen molar-refractivity contribution in [3.8, 4) is 0 Å². The van der Waals surface area contributed by atoms with Gasteiger partial charge in [-0.1, -0.05) is 32.1 Å². The zero-order valence-electron chi connectivity index (χ0n) is 13.1. The van der Waals surface area contributed by atoms with E-state index in [1.54, 1.807) is 6.92 Å². The zero-order chi connectivity index (χ0) is 15.3. The first kappa shape index (κ1) is 23.8. The molecule has 0 aliphatic carbocycles. The molecule has 6 nitrogen and oxygen atoms in total. The number of hydrogen-bond acceptors (Lipinski definition) is 6. The Morgan fingerprint density at radius 2 is 1.43 bits per heavy atom. The van der Waals surface area contributed by atoms with Crippen molar-refractivity contribution in [2.24, 2.45) is 0 Å². The standard InChI is InChI=1S/C13H26O6S.Na/c1-13(14)9-7-5-3-2-4-6-8-10-18-11-12-19-20(15,16)17;/h2-12H2,1H3,(H,15,16,17);/q;+1/p-1. The number of ether oxygens (including phenoxy) is 1. The summed E-state index contributed by atoms with van der Waals surface area (Å²) in [4.78, 5) is 10.7. The van der Waals surface area contributed by atoms with Crippen LogP contribution in [0, 0.1) is 0 Å². The first-order valence-electron chi connectivity index (χ1n) is 7.09. The number of carbonyl (C=O) groups is 1. The van der Waals surface area contributed by atoms with Crippen molar-refractivity contribution in [2.75, 3.05) is 19.8 Å². The van der Waals surface area contributed by atoms with E-state index in [2.05, 4.69) is 4.18 Å². The molecule has 0 saturated heterocycles. The molecule has 0 aliphatic heterocycles. The summed E-state index contributed by atoms with van der Waals surface area (Å²) in [6.45, 7) is 2.07. The van der Waals surface area contributed by atoms with Crippen LogP contribution in [0.15, 0.2) is 0 Å². The second-order valence-electron chi connectivity index (χ2n) is 4.77. The normalized spacial score (nSPS) is 11.1. The van der Waals surface area contributed by atoms with Gasteiger partial charge in [0, 0.05) is 13.0 Å². The molecule has 0 N–H and O–H groups in total. The van der Waals surface area contributed by atoms with Crippen LogP contribution in [0.25, 0.3) is 0 Å². The average Bonchev–Trinajstić information content (AvgIpc) is 2.33. The second-order valence-corrected chi connectivity index (χ2v) is 5.82. The first-order chi connectivity index (χ1) is 9.42. The van der Waals surface area contributed by atoms with Gasteiger partial charge in [-0.05, 0) is 19.8 Å². The van der Waals surface area contributed by atoms with Crippen molar-refractivity contribution in [3.05, 3.63) is 0 Å². The molecule has 0 saturated carbocycles. The summed E-state index contributed by atoms with van der Waals surface area (Å²) in [7, 11) is -4.59. The number of unbranched alkanes of at least 4 members (excludes halogenated alkanes) is 6. The molecule has 0 rings (SSSR count). The van der Waals surface area contributed by atoms with E-state index < -0.39 is 10.4 Å². The molecule has 0 aliphatic rings. The molecule has 0 aromatic rings. The third kappa shape index (κ3) is 22.9. The van der Waals surface area contributed by atoms with E-state index in [4.69, 9.17) is 4.74 Å². The van der Waals surface area contributed by atoms with Crippen molar-refractivity contribution >= 4 is 16.2 Å². The van der Waals surface area contributed by atoms with E-state index in [-0.39, 0.29) is 48.6 Å². The van der Waals surface area contributed by atoms with Gasteiger partial charge in [0.05, 0.1) is 13.2 Å². The predicted molar refractivity (Wildman–Crippen MR) is 74.1 cm³/mol. The number of carbonyl (C=O) groups excluding carboxylic acids is 1. The molecule has 21 heavy (non-hydrogen) atoms. The Labute approximate surface area is 150 Å². The smallest absolute Gasteiger partial charge is 0.726 e. The summed E-state index contributed by atoms with van der Waals surface area (Å²) >= 11 is 0. The van der Waals surface area contributed by atoms with Crippen LogP contribution in [0.2, 0.25) is 0 Å². The molecule has 0 bridgehead atoms. The molecule has 0 amide bonds. The van der Waals surface area contributed by atoms with Crippen LogP contribution in [0.4, 0.5) is 0 Å². The van der Waals surface area contributed by atoms with Crippen molar-refractivity contribution in [3.63, 3.8) is 0 Å². The van der Waals surface area contributed by atoms with E-state index in [1.807, 2.05) is 0 Å². The molecular formula is C13H25NaO6S. The number of ketones is 1. The van der Waals surface area contributed by atoms with E-state index in [0.717, 1.165) is 44.9 Å². The monoisotopic (exact) mass is 332 g/mol. The summed E-state index contributed by atoms with van der Waals surface area (Å²) in [6.07, 6.45) is 8.21. The SMILES string of the molecule is CC(=O)CCCCCCCCCOCCOS(=O)(=O)[O-].[Na+]. The van der Waals surface area contributed by atoms with Gasteiger partial charge >= 0.3 is 29.6 Å². The molecule has 0 aromatic heterocycles. The fraction of sp³-hybridized carbons (Fsp3) is 0.923. The van der Waals surface area contributed by atoms with Gasteiger partial charge in [-0.25, -0.2) is 8.42 Å². The Kier molecular flexibility index (Phi) is 17.4. The quantitative estimate of drug-likeness (QED) is 0.179. The Balaban J connectivity index is 0. The van der Waals surface area contributed by atoms with Crippen LogP contribution in [-0.2, 0) is 24.1 Å². The largest absolute Gasteiger partial charge is 1.00 e. The Bertz CT molecular complexity index is 345. The van der Waals surface area contributed by atoms with Gasteiger partial charge in [0.25, 0.3) is 0 Å². The van der Waals surface area contributed by atoms with Gasteiger partial charge in [0.2, 0.25) is 10.4 Å². The van der Waals surface area contributed by atoms with E-state index in [9.17, 15) is 17.8 Å². The Hall–Kier alpha value is 0.500. The maximum absolute atomic E-state index is 10.7. The minimum atomic E-state index is -4.59. The third-order valence-electron chi connectivity index (χ3n) is 2.77. The minimum Gasteiger partial charge on any atom is -0.726 e. The average molecular weight is 332 g/mol. The molecule has 0 aromatic carbocycles. The van der Waals surface area contributed by atoms with Crippen LogP contribution >= 0.6 is 0 Å². The molecule has 0 atom stereocenters. The molecule has 0 radical (unpaired) electrons. The molecule has 0 heterocycles. The van der Waals surface area contributed by atoms with Crippen LogP contribution < -0.4 is 29.6 Å². The molecule has 0 unspecified atom stereocenters. The molecular weight excluding hydrogens is 307 g/mol. The third-order valence-corrected chi connectivity index (χ3v) is 3.23. The van der Waals surface area contributed by atoms with Crippen LogP contribution in [-0.4, -0.2) is 38.6 Å². The summed E-state index contributed by atoms with van der Waals surface area (Å²) in [5, 5.41) is 0. The van der Waals surface area contributed by atoms with Crippen LogP contribution in [0.5, 0.6) is 0 Å². The van der Waals surface area contributed by atoms with Gasteiger partial charge < -0.3 is 14.1 Å². The molecule has 0 fully saturated rings. The van der Waals surface area contributed by atoms with Gasteiger partial charge in [-0.3, -0.25) is 4.18 Å². The van der Waals surface area contributed by atoms with Gasteiger partial charge in [-0.2, -0.15) is 0 Å².